The predicted octanol–water partition coefficient (Wildman–Crippen LogP) is 2.05. The van der Waals surface area contributed by atoms with Gasteiger partial charge in [0.25, 0.3) is 5.69 Å². The maximum atomic E-state index is 10.9. The van der Waals surface area contributed by atoms with Crippen LogP contribution in [0.5, 0.6) is 0 Å². The molecule has 0 unspecified atom stereocenters. The fraction of sp³-hybridized carbons (Fsp3) is 0.455. The summed E-state index contributed by atoms with van der Waals surface area (Å²) in [6.45, 7) is -0.176. The molecule has 0 aliphatic heterocycles. The van der Waals surface area contributed by atoms with E-state index in [1.165, 1.54) is 12.5 Å². The standard InChI is InChI=1S/C11H14N2O3/c14-7-8-4-5-10(11(6-8)13(15)16)12-9-2-1-3-9/h4-6,9,12,14H,1-3,7H2. The zero-order chi connectivity index (χ0) is 11.5. The lowest BCUT2D eigenvalue weighted by atomic mass is 9.93. The van der Waals surface area contributed by atoms with E-state index < -0.39 is 4.92 Å². The average Bonchev–Trinajstić information content (AvgIpc) is 2.23. The SMILES string of the molecule is O=[N+]([O-])c1cc(CO)ccc1NC1CCC1. The van der Waals surface area contributed by atoms with Crippen LogP contribution < -0.4 is 5.32 Å². The van der Waals surface area contributed by atoms with Crippen LogP contribution >= 0.6 is 0 Å². The Morgan fingerprint density at radius 3 is 2.75 bits per heavy atom. The Morgan fingerprint density at radius 2 is 2.25 bits per heavy atom. The van der Waals surface area contributed by atoms with E-state index in [4.69, 9.17) is 5.11 Å². The van der Waals surface area contributed by atoms with Crippen molar-refractivity contribution in [2.24, 2.45) is 0 Å². The van der Waals surface area contributed by atoms with Crippen molar-refractivity contribution in [3.8, 4) is 0 Å². The molecule has 1 saturated carbocycles. The van der Waals surface area contributed by atoms with Gasteiger partial charge >= 0.3 is 0 Å². The molecule has 0 amide bonds. The van der Waals surface area contributed by atoms with Gasteiger partial charge in [0.2, 0.25) is 0 Å². The molecule has 86 valence electrons. The van der Waals surface area contributed by atoms with Gasteiger partial charge in [-0.15, -0.1) is 0 Å². The minimum absolute atomic E-state index is 0.0402. The Labute approximate surface area is 93.2 Å². The Balaban J connectivity index is 2.24. The van der Waals surface area contributed by atoms with Gasteiger partial charge in [-0.25, -0.2) is 0 Å². The third-order valence-electron chi connectivity index (χ3n) is 2.91. The molecular weight excluding hydrogens is 208 g/mol. The van der Waals surface area contributed by atoms with Crippen LogP contribution in [0, 0.1) is 10.1 Å². The van der Waals surface area contributed by atoms with E-state index in [2.05, 4.69) is 5.32 Å². The normalized spacial score (nSPS) is 15.6. The molecule has 1 aliphatic carbocycles. The first kappa shape index (κ1) is 10.9. The monoisotopic (exact) mass is 222 g/mol. The highest BCUT2D eigenvalue weighted by Gasteiger charge is 2.21. The van der Waals surface area contributed by atoms with E-state index >= 15 is 0 Å². The molecule has 1 fully saturated rings. The van der Waals surface area contributed by atoms with E-state index in [1.54, 1.807) is 12.1 Å². The highest BCUT2D eigenvalue weighted by Crippen LogP contribution is 2.30. The predicted molar refractivity (Wildman–Crippen MR) is 60.3 cm³/mol. The summed E-state index contributed by atoms with van der Waals surface area (Å²) >= 11 is 0. The highest BCUT2D eigenvalue weighted by molar-refractivity contribution is 5.63. The summed E-state index contributed by atoms with van der Waals surface area (Å²) in [5.41, 5.74) is 1.15. The maximum Gasteiger partial charge on any atom is 0.292 e. The Kier molecular flexibility index (Phi) is 3.05. The van der Waals surface area contributed by atoms with Crippen LogP contribution in [-0.2, 0) is 6.61 Å². The second-order valence-corrected chi connectivity index (χ2v) is 4.04. The summed E-state index contributed by atoms with van der Waals surface area (Å²) in [6.07, 6.45) is 3.32. The van der Waals surface area contributed by atoms with E-state index in [-0.39, 0.29) is 12.3 Å². The zero-order valence-corrected chi connectivity index (χ0v) is 8.85. The minimum Gasteiger partial charge on any atom is -0.392 e. The summed E-state index contributed by atoms with van der Waals surface area (Å²) in [6, 6.07) is 5.15. The van der Waals surface area contributed by atoms with E-state index in [1.807, 2.05) is 0 Å². The van der Waals surface area contributed by atoms with Crippen LogP contribution in [0.3, 0.4) is 0 Å². The van der Waals surface area contributed by atoms with E-state index in [9.17, 15) is 10.1 Å². The third kappa shape index (κ3) is 2.14. The van der Waals surface area contributed by atoms with Crippen LogP contribution in [0.1, 0.15) is 24.8 Å². The second-order valence-electron chi connectivity index (χ2n) is 4.04. The molecule has 5 nitrogen and oxygen atoms in total. The molecule has 0 aromatic heterocycles. The largest absolute Gasteiger partial charge is 0.392 e. The average molecular weight is 222 g/mol. The number of rotatable bonds is 4. The highest BCUT2D eigenvalue weighted by atomic mass is 16.6. The van der Waals surface area contributed by atoms with Crippen molar-refractivity contribution in [1.29, 1.82) is 0 Å². The molecule has 0 atom stereocenters. The van der Waals surface area contributed by atoms with Crippen molar-refractivity contribution >= 4 is 11.4 Å². The van der Waals surface area contributed by atoms with Gasteiger partial charge in [-0.2, -0.15) is 0 Å². The van der Waals surface area contributed by atoms with Gasteiger partial charge < -0.3 is 10.4 Å². The number of benzene rings is 1. The molecule has 0 bridgehead atoms. The van der Waals surface area contributed by atoms with Crippen molar-refractivity contribution in [3.05, 3.63) is 33.9 Å². The Hall–Kier alpha value is -1.62. The van der Waals surface area contributed by atoms with Crippen molar-refractivity contribution in [2.75, 3.05) is 5.32 Å². The third-order valence-corrected chi connectivity index (χ3v) is 2.91. The summed E-state index contributed by atoms with van der Waals surface area (Å²) in [7, 11) is 0. The van der Waals surface area contributed by atoms with Crippen LogP contribution in [0.4, 0.5) is 11.4 Å². The minimum atomic E-state index is -0.417. The molecule has 5 heteroatoms. The van der Waals surface area contributed by atoms with E-state index in [0.29, 0.717) is 17.3 Å². The van der Waals surface area contributed by atoms with Crippen LogP contribution in [-0.4, -0.2) is 16.1 Å². The molecule has 0 heterocycles. The van der Waals surface area contributed by atoms with Crippen LogP contribution in [0.15, 0.2) is 18.2 Å². The number of hydrogen-bond acceptors (Lipinski definition) is 4. The van der Waals surface area contributed by atoms with Gasteiger partial charge in [0.05, 0.1) is 11.5 Å². The fourth-order valence-corrected chi connectivity index (χ4v) is 1.72. The topological polar surface area (TPSA) is 75.4 Å². The lowest BCUT2D eigenvalue weighted by molar-refractivity contribution is -0.384. The van der Waals surface area contributed by atoms with Crippen LogP contribution in [0.2, 0.25) is 0 Å². The number of anilines is 1. The first-order valence-electron chi connectivity index (χ1n) is 5.35. The molecular formula is C11H14N2O3. The first-order valence-corrected chi connectivity index (χ1v) is 5.35. The summed E-state index contributed by atoms with van der Waals surface area (Å²) in [4.78, 5) is 10.4. The zero-order valence-electron chi connectivity index (χ0n) is 8.85. The Bertz CT molecular complexity index is 402. The molecule has 2 N–H and O–H groups in total. The quantitative estimate of drug-likeness (QED) is 0.604. The molecule has 16 heavy (non-hydrogen) atoms. The number of aliphatic hydroxyl groups is 1. The van der Waals surface area contributed by atoms with Crippen molar-refractivity contribution < 1.29 is 10.0 Å². The van der Waals surface area contributed by atoms with Crippen LogP contribution in [0.25, 0.3) is 0 Å². The lowest BCUT2D eigenvalue weighted by Gasteiger charge is -2.27. The number of hydrogen-bond donors (Lipinski definition) is 2. The molecule has 0 saturated heterocycles. The smallest absolute Gasteiger partial charge is 0.292 e. The van der Waals surface area contributed by atoms with E-state index in [0.717, 1.165) is 12.8 Å². The number of nitro benzene ring substituents is 1. The summed E-state index contributed by atoms with van der Waals surface area (Å²) in [5.74, 6) is 0. The van der Waals surface area contributed by atoms with Gasteiger partial charge in [0, 0.05) is 12.1 Å². The van der Waals surface area contributed by atoms with Gasteiger partial charge in [-0.1, -0.05) is 6.07 Å². The molecule has 1 aromatic carbocycles. The van der Waals surface area contributed by atoms with Gasteiger partial charge in [0.15, 0.2) is 0 Å². The van der Waals surface area contributed by atoms with Crippen molar-refractivity contribution in [1.82, 2.24) is 0 Å². The number of nitrogens with zero attached hydrogens (tertiary/aromatic N) is 1. The van der Waals surface area contributed by atoms with Gasteiger partial charge in [-0.3, -0.25) is 10.1 Å². The van der Waals surface area contributed by atoms with Crippen molar-refractivity contribution in [3.63, 3.8) is 0 Å². The summed E-state index contributed by atoms with van der Waals surface area (Å²) in [5, 5.41) is 22.9. The number of nitro groups is 1. The second kappa shape index (κ2) is 4.49. The number of aliphatic hydroxyl groups excluding tert-OH is 1. The Morgan fingerprint density at radius 1 is 1.50 bits per heavy atom. The molecule has 1 aromatic rings. The molecule has 0 spiro atoms. The molecule has 2 rings (SSSR count). The fourth-order valence-electron chi connectivity index (χ4n) is 1.72. The van der Waals surface area contributed by atoms with Crippen molar-refractivity contribution in [2.45, 2.75) is 31.9 Å². The molecule has 1 aliphatic rings. The first-order chi connectivity index (χ1) is 7.70. The summed E-state index contributed by atoms with van der Waals surface area (Å²) < 4.78 is 0. The lowest BCUT2D eigenvalue weighted by Crippen LogP contribution is -2.27. The maximum absolute atomic E-state index is 10.9. The van der Waals surface area contributed by atoms with Gasteiger partial charge in [0.1, 0.15) is 5.69 Å². The van der Waals surface area contributed by atoms with Gasteiger partial charge in [-0.05, 0) is 30.9 Å². The molecule has 0 radical (unpaired) electrons. The number of nitrogens with one attached hydrogen (secondary N) is 1.